The van der Waals surface area contributed by atoms with E-state index in [2.05, 4.69) is 4.99 Å². The molecule has 1 aliphatic rings. The Labute approximate surface area is 48.7 Å². The maximum Gasteiger partial charge on any atom is 0.166 e. The Kier molecular flexibility index (Phi) is 1.21. The van der Waals surface area contributed by atoms with Crippen molar-refractivity contribution >= 4 is 25.8 Å². The van der Waals surface area contributed by atoms with E-state index in [4.69, 9.17) is 16.9 Å². The molecule has 0 saturated heterocycles. The second kappa shape index (κ2) is 1.71. The molecule has 1 heterocycles. The van der Waals surface area contributed by atoms with Crippen LogP contribution in [0.1, 0.15) is 0 Å². The largest absolute Gasteiger partial charge is 0.378 e. The highest BCUT2D eigenvalue weighted by Gasteiger charge is 1.97. The van der Waals surface area contributed by atoms with E-state index in [0.29, 0.717) is 5.17 Å². The topological polar surface area (TPSA) is 38.4 Å². The molecule has 1 unspecified atom stereocenters. The molecular weight excluding hydrogens is 128 g/mol. The number of nitrogens with two attached hydrogens (primary N) is 1. The van der Waals surface area contributed by atoms with Crippen LogP contribution in [0.5, 0.6) is 0 Å². The monoisotopic (exact) mass is 132 g/mol. The van der Waals surface area contributed by atoms with Crippen molar-refractivity contribution in [2.24, 2.45) is 10.7 Å². The second-order valence-electron chi connectivity index (χ2n) is 1.05. The summed E-state index contributed by atoms with van der Waals surface area (Å²) < 4.78 is 0. The lowest BCUT2D eigenvalue weighted by atomic mass is 11.0. The van der Waals surface area contributed by atoms with Crippen molar-refractivity contribution < 1.29 is 0 Å². The Hall–Kier alpha value is -0.220. The second-order valence-corrected chi connectivity index (χ2v) is 3.41. The average molecular weight is 132 g/mol. The van der Waals surface area contributed by atoms with Crippen molar-refractivity contribution in [3.63, 3.8) is 0 Å². The average Bonchev–Trinajstić information content (AvgIpc) is 1.91. The van der Waals surface area contributed by atoms with Crippen LogP contribution in [0.15, 0.2) is 16.6 Å². The van der Waals surface area contributed by atoms with E-state index < -0.39 is 0 Å². The minimum absolute atomic E-state index is 0.287. The van der Waals surface area contributed by atoms with Crippen LogP contribution in [0.4, 0.5) is 0 Å². The summed E-state index contributed by atoms with van der Waals surface area (Å²) in [7, 11) is -0.287. The normalized spacial score (nSPS) is 28.0. The Morgan fingerprint density at radius 3 is 2.71 bits per heavy atom. The third-order valence-electron chi connectivity index (χ3n) is 0.592. The zero-order chi connectivity index (χ0) is 5.28. The third kappa shape index (κ3) is 0.863. The van der Waals surface area contributed by atoms with E-state index in [1.54, 1.807) is 6.20 Å². The van der Waals surface area contributed by atoms with E-state index in [0.717, 1.165) is 0 Å². The molecule has 38 valence electrons. The highest BCUT2D eigenvalue weighted by atomic mass is 32.8. The first-order valence-electron chi connectivity index (χ1n) is 1.71. The summed E-state index contributed by atoms with van der Waals surface area (Å²) in [5.41, 5.74) is 5.27. The predicted molar refractivity (Wildman–Crippen MR) is 35.5 cm³/mol. The van der Waals surface area contributed by atoms with Gasteiger partial charge in [-0.1, -0.05) is 0 Å². The summed E-state index contributed by atoms with van der Waals surface area (Å²) in [4.78, 5) is 3.74. The van der Waals surface area contributed by atoms with Gasteiger partial charge in [-0.05, 0) is 20.6 Å². The van der Waals surface area contributed by atoms with E-state index in [9.17, 15) is 0 Å². The van der Waals surface area contributed by atoms with Crippen LogP contribution < -0.4 is 5.73 Å². The molecule has 0 amide bonds. The summed E-state index contributed by atoms with van der Waals surface area (Å²) in [5, 5.41) is 2.38. The molecule has 0 aromatic rings. The van der Waals surface area contributed by atoms with Crippen molar-refractivity contribution in [2.45, 2.75) is 0 Å². The molecule has 0 saturated carbocycles. The molecule has 0 radical (unpaired) electrons. The third-order valence-corrected chi connectivity index (χ3v) is 2.32. The molecule has 1 aliphatic heterocycles. The lowest BCUT2D eigenvalue weighted by Gasteiger charge is -1.84. The maximum atomic E-state index is 5.27. The molecular formula is C3H4N2S2. The Balaban J connectivity index is 2.89. The number of nitrogens with zero attached hydrogens (tertiary/aromatic N) is 1. The maximum absolute atomic E-state index is 5.27. The van der Waals surface area contributed by atoms with Crippen molar-refractivity contribution in [1.29, 1.82) is 0 Å². The number of hydrogen-bond acceptors (Lipinski definition) is 3. The lowest BCUT2D eigenvalue weighted by molar-refractivity contribution is 1.58. The van der Waals surface area contributed by atoms with Gasteiger partial charge in [-0.15, -0.1) is 0 Å². The zero-order valence-corrected chi connectivity index (χ0v) is 5.13. The van der Waals surface area contributed by atoms with Crippen LogP contribution in [-0.2, 0) is 20.6 Å². The predicted octanol–water partition coefficient (Wildman–Crippen LogP) is -0.134. The van der Waals surface area contributed by atoms with Crippen LogP contribution in [0.3, 0.4) is 0 Å². The summed E-state index contributed by atoms with van der Waals surface area (Å²) in [5.74, 6) is 0. The molecule has 4 heteroatoms. The van der Waals surface area contributed by atoms with E-state index in [-0.39, 0.29) is 9.45 Å². The van der Waals surface area contributed by atoms with Gasteiger partial charge in [0.2, 0.25) is 0 Å². The van der Waals surface area contributed by atoms with Crippen LogP contribution >= 0.6 is 0 Å². The lowest BCUT2D eigenvalue weighted by Crippen LogP contribution is -2.11. The van der Waals surface area contributed by atoms with Crippen LogP contribution in [0.25, 0.3) is 0 Å². The fourth-order valence-electron chi connectivity index (χ4n) is 0.281. The van der Waals surface area contributed by atoms with Gasteiger partial charge in [-0.2, -0.15) is 0 Å². The fourth-order valence-corrected chi connectivity index (χ4v) is 1.03. The number of amidine groups is 1. The summed E-state index contributed by atoms with van der Waals surface area (Å²) in [6, 6.07) is 0. The van der Waals surface area contributed by atoms with Crippen molar-refractivity contribution in [1.82, 2.24) is 0 Å². The summed E-state index contributed by atoms with van der Waals surface area (Å²) in [6.07, 6.45) is 1.64. The Morgan fingerprint density at radius 1 is 1.86 bits per heavy atom. The quantitative estimate of drug-likeness (QED) is 0.498. The van der Waals surface area contributed by atoms with Gasteiger partial charge in [0, 0.05) is 11.6 Å². The molecule has 1 atom stereocenters. The number of hydrogen-bond donors (Lipinski definition) is 1. The van der Waals surface area contributed by atoms with Gasteiger partial charge in [0.1, 0.15) is 0 Å². The van der Waals surface area contributed by atoms with Crippen LogP contribution in [-0.4, -0.2) is 5.17 Å². The van der Waals surface area contributed by atoms with Gasteiger partial charge in [0.15, 0.2) is 5.17 Å². The minimum atomic E-state index is -0.287. The van der Waals surface area contributed by atoms with E-state index in [1.165, 1.54) is 0 Å². The fraction of sp³-hybridized carbons (Fsp3) is 0. The van der Waals surface area contributed by atoms with Crippen molar-refractivity contribution in [3.8, 4) is 0 Å². The van der Waals surface area contributed by atoms with Gasteiger partial charge in [-0.25, -0.2) is 4.99 Å². The summed E-state index contributed by atoms with van der Waals surface area (Å²) in [6.45, 7) is 0. The number of aliphatic imine (C=N–C) groups is 1. The molecule has 0 aliphatic carbocycles. The smallest absolute Gasteiger partial charge is 0.166 e. The highest BCUT2D eigenvalue weighted by Crippen LogP contribution is 1.94. The first kappa shape index (κ1) is 4.93. The Bertz CT molecular complexity index is 158. The van der Waals surface area contributed by atoms with Gasteiger partial charge in [-0.3, -0.25) is 0 Å². The standard InChI is InChI=1S/C3H4N2S2/c4-3-5-1-2-7(3)6/h1-2H,(H2,4,5). The zero-order valence-electron chi connectivity index (χ0n) is 3.50. The molecule has 0 spiro atoms. The molecule has 2 nitrogen and oxygen atoms in total. The molecule has 0 aromatic carbocycles. The van der Waals surface area contributed by atoms with Gasteiger partial charge in [0.25, 0.3) is 0 Å². The van der Waals surface area contributed by atoms with Gasteiger partial charge in [0.05, 0.1) is 0 Å². The molecule has 0 bridgehead atoms. The molecule has 0 fully saturated rings. The van der Waals surface area contributed by atoms with Crippen LogP contribution in [0.2, 0.25) is 0 Å². The first-order valence-corrected chi connectivity index (χ1v) is 3.92. The molecule has 1 rings (SSSR count). The Morgan fingerprint density at radius 2 is 2.57 bits per heavy atom. The van der Waals surface area contributed by atoms with Crippen molar-refractivity contribution in [2.75, 3.05) is 0 Å². The van der Waals surface area contributed by atoms with E-state index >= 15 is 0 Å². The van der Waals surface area contributed by atoms with Gasteiger partial charge < -0.3 is 5.73 Å². The first-order chi connectivity index (χ1) is 3.30. The van der Waals surface area contributed by atoms with Crippen LogP contribution in [0, 0.1) is 0 Å². The molecule has 0 aromatic heterocycles. The highest BCUT2D eigenvalue weighted by molar-refractivity contribution is 8.39. The summed E-state index contributed by atoms with van der Waals surface area (Å²) >= 11 is 4.81. The molecule has 7 heavy (non-hydrogen) atoms. The number of rotatable bonds is 0. The van der Waals surface area contributed by atoms with Crippen molar-refractivity contribution in [3.05, 3.63) is 11.6 Å². The minimum Gasteiger partial charge on any atom is -0.378 e. The molecule has 2 N–H and O–H groups in total. The van der Waals surface area contributed by atoms with E-state index in [1.807, 2.05) is 5.41 Å². The SMILES string of the molecule is NC1=NC=CS1=S. The van der Waals surface area contributed by atoms with Gasteiger partial charge >= 0.3 is 0 Å².